The Bertz CT molecular complexity index is 126. The van der Waals surface area contributed by atoms with Gasteiger partial charge in [0.25, 0.3) is 0 Å². The predicted molar refractivity (Wildman–Crippen MR) is 52.3 cm³/mol. The van der Waals surface area contributed by atoms with Gasteiger partial charge in [-0.2, -0.15) is 13.2 Å². The average Bonchev–Trinajstić information content (AvgIpc) is 2.07. The Labute approximate surface area is 84.3 Å². The molecule has 4 heteroatoms. The SMILES string of the molecule is CCCCN(CCCC)CC(F)(F)F. The maximum atomic E-state index is 12.1. The quantitative estimate of drug-likeness (QED) is 0.623. The molecule has 0 N–H and O–H groups in total. The first-order chi connectivity index (χ1) is 6.49. The highest BCUT2D eigenvalue weighted by Gasteiger charge is 2.29. The molecule has 86 valence electrons. The molecule has 0 heterocycles. The van der Waals surface area contributed by atoms with Gasteiger partial charge < -0.3 is 0 Å². The number of unbranched alkanes of at least 4 members (excludes halogenated alkanes) is 2. The van der Waals surface area contributed by atoms with Gasteiger partial charge in [-0.3, -0.25) is 4.90 Å². The molecule has 0 aliphatic heterocycles. The number of nitrogens with zero attached hydrogens (tertiary/aromatic N) is 1. The van der Waals surface area contributed by atoms with E-state index in [9.17, 15) is 13.2 Å². The van der Waals surface area contributed by atoms with Crippen molar-refractivity contribution >= 4 is 0 Å². The van der Waals surface area contributed by atoms with Crippen molar-refractivity contribution in [3.63, 3.8) is 0 Å². The molecular weight excluding hydrogens is 191 g/mol. The second-order valence-electron chi connectivity index (χ2n) is 3.60. The molecule has 0 aromatic heterocycles. The Morgan fingerprint density at radius 1 is 0.929 bits per heavy atom. The van der Waals surface area contributed by atoms with Crippen LogP contribution in [0.3, 0.4) is 0 Å². The van der Waals surface area contributed by atoms with Gasteiger partial charge >= 0.3 is 6.18 Å². The van der Waals surface area contributed by atoms with E-state index in [-0.39, 0.29) is 0 Å². The van der Waals surface area contributed by atoms with Gasteiger partial charge in [0.1, 0.15) is 0 Å². The van der Waals surface area contributed by atoms with Gasteiger partial charge in [-0.15, -0.1) is 0 Å². The first-order valence-corrected chi connectivity index (χ1v) is 5.28. The lowest BCUT2D eigenvalue weighted by atomic mass is 10.2. The maximum absolute atomic E-state index is 12.1. The van der Waals surface area contributed by atoms with Crippen molar-refractivity contribution in [2.24, 2.45) is 0 Å². The lowest BCUT2D eigenvalue weighted by Gasteiger charge is -2.23. The van der Waals surface area contributed by atoms with E-state index in [1.165, 1.54) is 4.90 Å². The van der Waals surface area contributed by atoms with Crippen LogP contribution in [0.4, 0.5) is 13.2 Å². The summed E-state index contributed by atoms with van der Waals surface area (Å²) in [4.78, 5) is 1.51. The van der Waals surface area contributed by atoms with Crippen LogP contribution < -0.4 is 0 Å². The Morgan fingerprint density at radius 2 is 1.36 bits per heavy atom. The third-order valence-corrected chi connectivity index (χ3v) is 2.06. The number of hydrogen-bond donors (Lipinski definition) is 0. The van der Waals surface area contributed by atoms with Crippen LogP contribution >= 0.6 is 0 Å². The molecule has 0 aromatic rings. The highest BCUT2D eigenvalue weighted by molar-refractivity contribution is 4.63. The van der Waals surface area contributed by atoms with Crippen LogP contribution in [0.2, 0.25) is 0 Å². The summed E-state index contributed by atoms with van der Waals surface area (Å²) in [5.74, 6) is 0. The van der Waals surface area contributed by atoms with Gasteiger partial charge in [0, 0.05) is 0 Å². The molecule has 14 heavy (non-hydrogen) atoms. The largest absolute Gasteiger partial charge is 0.401 e. The van der Waals surface area contributed by atoms with Crippen LogP contribution in [0, 0.1) is 0 Å². The minimum Gasteiger partial charge on any atom is -0.295 e. The first-order valence-electron chi connectivity index (χ1n) is 5.28. The summed E-state index contributed by atoms with van der Waals surface area (Å²) < 4.78 is 36.4. The monoisotopic (exact) mass is 211 g/mol. The molecule has 0 bridgehead atoms. The predicted octanol–water partition coefficient (Wildman–Crippen LogP) is 3.45. The molecule has 0 saturated heterocycles. The van der Waals surface area contributed by atoms with Crippen LogP contribution in [0.25, 0.3) is 0 Å². The summed E-state index contributed by atoms with van der Waals surface area (Å²) in [6.45, 7) is 4.36. The van der Waals surface area contributed by atoms with Crippen molar-refractivity contribution in [3.8, 4) is 0 Å². The molecule has 0 radical (unpaired) electrons. The van der Waals surface area contributed by atoms with E-state index in [0.29, 0.717) is 13.1 Å². The molecule has 0 aromatic carbocycles. The summed E-state index contributed by atoms with van der Waals surface area (Å²) >= 11 is 0. The molecule has 0 saturated carbocycles. The van der Waals surface area contributed by atoms with Gasteiger partial charge in [-0.25, -0.2) is 0 Å². The second-order valence-corrected chi connectivity index (χ2v) is 3.60. The van der Waals surface area contributed by atoms with E-state index in [0.717, 1.165) is 25.7 Å². The van der Waals surface area contributed by atoms with Crippen molar-refractivity contribution < 1.29 is 13.2 Å². The minimum atomic E-state index is -4.05. The zero-order valence-corrected chi connectivity index (χ0v) is 9.03. The van der Waals surface area contributed by atoms with E-state index in [2.05, 4.69) is 0 Å². The Kier molecular flexibility index (Phi) is 6.97. The van der Waals surface area contributed by atoms with Crippen molar-refractivity contribution in [3.05, 3.63) is 0 Å². The Balaban J connectivity index is 3.84. The van der Waals surface area contributed by atoms with Crippen LogP contribution in [0.5, 0.6) is 0 Å². The zero-order valence-electron chi connectivity index (χ0n) is 9.03. The highest BCUT2D eigenvalue weighted by Crippen LogP contribution is 2.17. The molecule has 0 amide bonds. The summed E-state index contributed by atoms with van der Waals surface area (Å²) in [7, 11) is 0. The van der Waals surface area contributed by atoms with Gasteiger partial charge in [0.05, 0.1) is 6.54 Å². The molecule has 1 nitrogen and oxygen atoms in total. The molecule has 0 rings (SSSR count). The summed E-state index contributed by atoms with van der Waals surface area (Å²) in [5, 5.41) is 0. The van der Waals surface area contributed by atoms with Crippen molar-refractivity contribution in [1.29, 1.82) is 0 Å². The van der Waals surface area contributed by atoms with E-state index < -0.39 is 12.7 Å². The summed E-state index contributed by atoms with van der Waals surface area (Å²) in [6.07, 6.45) is -0.470. The Hall–Kier alpha value is -0.250. The number of halogens is 3. The molecule has 0 aliphatic carbocycles. The van der Waals surface area contributed by atoms with E-state index in [1.807, 2.05) is 13.8 Å². The minimum absolute atomic E-state index is 0.565. The molecular formula is C10H20F3N. The van der Waals surface area contributed by atoms with Gasteiger partial charge in [0.2, 0.25) is 0 Å². The van der Waals surface area contributed by atoms with Gasteiger partial charge in [0.15, 0.2) is 0 Å². The van der Waals surface area contributed by atoms with Crippen LogP contribution in [-0.4, -0.2) is 30.7 Å². The molecule has 0 unspecified atom stereocenters. The smallest absolute Gasteiger partial charge is 0.295 e. The number of rotatable bonds is 7. The fourth-order valence-corrected chi connectivity index (χ4v) is 1.29. The number of alkyl halides is 3. The molecule has 0 fully saturated rings. The fraction of sp³-hybridized carbons (Fsp3) is 1.00. The highest BCUT2D eigenvalue weighted by atomic mass is 19.4. The standard InChI is InChI=1S/C10H20F3N/c1-3-5-7-14(8-6-4-2)9-10(11,12)13/h3-9H2,1-2H3. The zero-order chi connectivity index (χ0) is 11.0. The lowest BCUT2D eigenvalue weighted by molar-refractivity contribution is -0.146. The first kappa shape index (κ1) is 13.8. The fourth-order valence-electron chi connectivity index (χ4n) is 1.29. The van der Waals surface area contributed by atoms with Crippen LogP contribution in [0.1, 0.15) is 39.5 Å². The molecule has 0 spiro atoms. The summed E-state index contributed by atoms with van der Waals surface area (Å²) in [6, 6.07) is 0. The molecule has 0 atom stereocenters. The Morgan fingerprint density at radius 3 is 1.64 bits per heavy atom. The third kappa shape index (κ3) is 8.35. The van der Waals surface area contributed by atoms with Gasteiger partial charge in [-0.05, 0) is 25.9 Å². The average molecular weight is 211 g/mol. The van der Waals surface area contributed by atoms with Crippen molar-refractivity contribution in [1.82, 2.24) is 4.90 Å². The van der Waals surface area contributed by atoms with Gasteiger partial charge in [-0.1, -0.05) is 26.7 Å². The van der Waals surface area contributed by atoms with Crippen LogP contribution in [-0.2, 0) is 0 Å². The van der Waals surface area contributed by atoms with E-state index in [1.54, 1.807) is 0 Å². The number of hydrogen-bond acceptors (Lipinski definition) is 1. The van der Waals surface area contributed by atoms with E-state index in [4.69, 9.17) is 0 Å². The van der Waals surface area contributed by atoms with Crippen molar-refractivity contribution in [2.75, 3.05) is 19.6 Å². The normalized spacial score (nSPS) is 12.4. The van der Waals surface area contributed by atoms with E-state index >= 15 is 0 Å². The topological polar surface area (TPSA) is 3.24 Å². The van der Waals surface area contributed by atoms with Crippen LogP contribution in [0.15, 0.2) is 0 Å². The van der Waals surface area contributed by atoms with Crippen molar-refractivity contribution in [2.45, 2.75) is 45.7 Å². The maximum Gasteiger partial charge on any atom is 0.401 e. The molecule has 0 aliphatic rings. The summed E-state index contributed by atoms with van der Waals surface area (Å²) in [5.41, 5.74) is 0. The third-order valence-electron chi connectivity index (χ3n) is 2.06. The lowest BCUT2D eigenvalue weighted by Crippen LogP contribution is -2.35. The second kappa shape index (κ2) is 7.10.